The van der Waals surface area contributed by atoms with Crippen LogP contribution in [0.4, 0.5) is 0 Å². The standard InChI is InChI=1S/C20H14N4.C9H12/c1-2-14-10-16-5-6-18(23-16)12-20-8-7-19(24-20)11-17-4-3-15(22-17)9-13(1)21-14;1-7-5-4-6-8(2)9(7)3/h1-12,21-22H;4-6H,1-3H3. The number of aryl methyl sites for hydroxylation is 2. The number of rotatable bonds is 0. The fourth-order valence-corrected chi connectivity index (χ4v) is 3.84. The van der Waals surface area contributed by atoms with Crippen molar-refractivity contribution in [1.29, 1.82) is 0 Å². The molecule has 0 saturated heterocycles. The fourth-order valence-electron chi connectivity index (χ4n) is 3.84. The number of nitrogens with zero attached hydrogens (tertiary/aromatic N) is 2. The molecule has 5 heterocycles. The summed E-state index contributed by atoms with van der Waals surface area (Å²) >= 11 is 0. The number of fused-ring (bicyclic) bond motifs is 8. The predicted molar refractivity (Wildman–Crippen MR) is 140 cm³/mol. The number of aromatic amines is 2. The molecule has 0 amide bonds. The van der Waals surface area contributed by atoms with Crippen LogP contribution >= 0.6 is 0 Å². The molecule has 6 rings (SSSR count). The lowest BCUT2D eigenvalue weighted by molar-refractivity contribution is 1.27. The normalized spacial score (nSPS) is 11.8. The van der Waals surface area contributed by atoms with Crippen molar-refractivity contribution in [3.05, 3.63) is 106 Å². The molecule has 162 valence electrons. The fraction of sp³-hybridized carbons (Fsp3) is 0.103. The van der Waals surface area contributed by atoms with Crippen molar-refractivity contribution in [2.45, 2.75) is 20.8 Å². The molecule has 4 aromatic rings. The van der Waals surface area contributed by atoms with Gasteiger partial charge in [0.05, 0.1) is 22.8 Å². The molecule has 0 saturated carbocycles. The lowest BCUT2D eigenvalue weighted by atomic mass is 10.1. The summed E-state index contributed by atoms with van der Waals surface area (Å²) < 4.78 is 0. The van der Waals surface area contributed by atoms with Crippen LogP contribution in [-0.4, -0.2) is 19.9 Å². The first-order chi connectivity index (χ1) is 16.0. The van der Waals surface area contributed by atoms with E-state index in [1.54, 1.807) is 0 Å². The van der Waals surface area contributed by atoms with Gasteiger partial charge in [-0.3, -0.25) is 0 Å². The van der Waals surface area contributed by atoms with Crippen molar-refractivity contribution >= 4 is 46.4 Å². The summed E-state index contributed by atoms with van der Waals surface area (Å²) in [6.45, 7) is 6.44. The first-order valence-electron chi connectivity index (χ1n) is 11.1. The van der Waals surface area contributed by atoms with Crippen LogP contribution < -0.4 is 0 Å². The van der Waals surface area contributed by atoms with Crippen LogP contribution in [0.3, 0.4) is 0 Å². The Labute approximate surface area is 193 Å². The monoisotopic (exact) mass is 430 g/mol. The van der Waals surface area contributed by atoms with Gasteiger partial charge in [0.15, 0.2) is 0 Å². The summed E-state index contributed by atoms with van der Waals surface area (Å²) in [5, 5.41) is 0. The molecule has 2 aliphatic heterocycles. The van der Waals surface area contributed by atoms with Gasteiger partial charge < -0.3 is 9.97 Å². The molecule has 0 atom stereocenters. The molecule has 0 aliphatic carbocycles. The Morgan fingerprint density at radius 1 is 0.485 bits per heavy atom. The van der Waals surface area contributed by atoms with Gasteiger partial charge in [-0.2, -0.15) is 0 Å². The molecular formula is C29H26N4. The van der Waals surface area contributed by atoms with E-state index in [1.807, 2.05) is 42.5 Å². The van der Waals surface area contributed by atoms with Gasteiger partial charge in [-0.05, 0) is 110 Å². The van der Waals surface area contributed by atoms with E-state index in [2.05, 4.69) is 89.2 Å². The van der Waals surface area contributed by atoms with Gasteiger partial charge in [-0.15, -0.1) is 0 Å². The summed E-state index contributed by atoms with van der Waals surface area (Å²) in [5.74, 6) is 0. The maximum absolute atomic E-state index is 4.62. The van der Waals surface area contributed by atoms with Crippen molar-refractivity contribution in [2.24, 2.45) is 0 Å². The van der Waals surface area contributed by atoms with E-state index in [0.717, 1.165) is 44.8 Å². The van der Waals surface area contributed by atoms with E-state index >= 15 is 0 Å². The van der Waals surface area contributed by atoms with Crippen LogP contribution in [0.5, 0.6) is 0 Å². The molecule has 0 unspecified atom stereocenters. The van der Waals surface area contributed by atoms with Crippen LogP contribution in [-0.2, 0) is 0 Å². The zero-order chi connectivity index (χ0) is 22.8. The van der Waals surface area contributed by atoms with Crippen molar-refractivity contribution in [1.82, 2.24) is 19.9 Å². The second-order valence-corrected chi connectivity index (χ2v) is 8.42. The summed E-state index contributed by atoms with van der Waals surface area (Å²) in [6.07, 6.45) is 8.05. The quantitative estimate of drug-likeness (QED) is 0.266. The van der Waals surface area contributed by atoms with Crippen molar-refractivity contribution in [2.75, 3.05) is 0 Å². The third-order valence-electron chi connectivity index (χ3n) is 5.92. The molecule has 1 aromatic carbocycles. The Balaban J connectivity index is 0.000000215. The maximum atomic E-state index is 4.62. The van der Waals surface area contributed by atoms with E-state index in [0.29, 0.717) is 0 Å². The highest BCUT2D eigenvalue weighted by atomic mass is 14.8. The van der Waals surface area contributed by atoms with Crippen LogP contribution in [0.1, 0.15) is 39.5 Å². The minimum Gasteiger partial charge on any atom is -0.355 e. The molecule has 0 spiro atoms. The minimum atomic E-state index is 0.915. The molecule has 2 aliphatic rings. The highest BCUT2D eigenvalue weighted by molar-refractivity contribution is 5.77. The molecule has 4 nitrogen and oxygen atoms in total. The van der Waals surface area contributed by atoms with Gasteiger partial charge in [0.25, 0.3) is 0 Å². The highest BCUT2D eigenvalue weighted by Gasteiger charge is 2.02. The van der Waals surface area contributed by atoms with E-state index in [4.69, 9.17) is 0 Å². The Hall–Kier alpha value is -4.18. The summed E-state index contributed by atoms with van der Waals surface area (Å²) in [6, 6.07) is 22.8. The van der Waals surface area contributed by atoms with Crippen molar-refractivity contribution in [3.63, 3.8) is 0 Å². The molecule has 33 heavy (non-hydrogen) atoms. The second-order valence-electron chi connectivity index (χ2n) is 8.42. The average Bonchev–Trinajstić information content (AvgIpc) is 3.58. The third-order valence-corrected chi connectivity index (χ3v) is 5.92. The average molecular weight is 431 g/mol. The highest BCUT2D eigenvalue weighted by Crippen LogP contribution is 2.17. The molecule has 0 fully saturated rings. The zero-order valence-corrected chi connectivity index (χ0v) is 19.1. The van der Waals surface area contributed by atoms with E-state index in [1.165, 1.54) is 16.7 Å². The second kappa shape index (κ2) is 8.75. The van der Waals surface area contributed by atoms with Gasteiger partial charge in [-0.25, -0.2) is 9.97 Å². The molecular weight excluding hydrogens is 404 g/mol. The smallest absolute Gasteiger partial charge is 0.0659 e. The number of hydrogen-bond acceptors (Lipinski definition) is 2. The Kier molecular flexibility index (Phi) is 5.49. The number of benzene rings is 1. The number of aromatic nitrogens is 4. The van der Waals surface area contributed by atoms with Crippen LogP contribution in [0.15, 0.2) is 66.7 Å². The van der Waals surface area contributed by atoms with Crippen LogP contribution in [0, 0.1) is 20.8 Å². The first kappa shape index (κ1) is 20.7. The Morgan fingerprint density at radius 2 is 0.879 bits per heavy atom. The zero-order valence-electron chi connectivity index (χ0n) is 19.1. The molecule has 3 aromatic heterocycles. The van der Waals surface area contributed by atoms with Crippen LogP contribution in [0.25, 0.3) is 46.4 Å². The van der Waals surface area contributed by atoms with E-state index < -0.39 is 0 Å². The van der Waals surface area contributed by atoms with Crippen LogP contribution in [0.2, 0.25) is 0 Å². The number of H-pyrrole nitrogens is 2. The Morgan fingerprint density at radius 3 is 1.30 bits per heavy atom. The summed E-state index contributed by atoms with van der Waals surface area (Å²) in [7, 11) is 0. The van der Waals surface area contributed by atoms with Gasteiger partial charge in [-0.1, -0.05) is 18.2 Å². The van der Waals surface area contributed by atoms with E-state index in [-0.39, 0.29) is 0 Å². The van der Waals surface area contributed by atoms with Crippen molar-refractivity contribution in [3.8, 4) is 0 Å². The van der Waals surface area contributed by atoms with Gasteiger partial charge in [0.1, 0.15) is 0 Å². The summed E-state index contributed by atoms with van der Waals surface area (Å²) in [5.41, 5.74) is 12.0. The molecule has 0 radical (unpaired) electrons. The first-order valence-corrected chi connectivity index (χ1v) is 11.1. The third kappa shape index (κ3) is 4.85. The molecule has 4 heteroatoms. The molecule has 8 bridgehead atoms. The lowest BCUT2D eigenvalue weighted by Crippen LogP contribution is -1.82. The topological polar surface area (TPSA) is 57.4 Å². The predicted octanol–water partition coefficient (Wildman–Crippen LogP) is 7.27. The van der Waals surface area contributed by atoms with Gasteiger partial charge >= 0.3 is 0 Å². The number of nitrogens with one attached hydrogen (secondary N) is 2. The molecule has 2 N–H and O–H groups in total. The van der Waals surface area contributed by atoms with Crippen molar-refractivity contribution < 1.29 is 0 Å². The maximum Gasteiger partial charge on any atom is 0.0659 e. The van der Waals surface area contributed by atoms with Gasteiger partial charge in [0, 0.05) is 22.1 Å². The minimum absolute atomic E-state index is 0.915. The summed E-state index contributed by atoms with van der Waals surface area (Å²) in [4.78, 5) is 16.0. The number of hydrogen-bond donors (Lipinski definition) is 2. The SMILES string of the molecule is C1=Cc2cc3ccc(cc4ccc(cc5nc(cc1n2)C=C5)[nH]4)[nH]3.Cc1cccc(C)c1C. The Bertz CT molecular complexity index is 1440. The lowest BCUT2D eigenvalue weighted by Gasteiger charge is -2.00. The largest absolute Gasteiger partial charge is 0.355 e. The van der Waals surface area contributed by atoms with E-state index in [9.17, 15) is 0 Å². The van der Waals surface area contributed by atoms with Gasteiger partial charge in [0.2, 0.25) is 0 Å².